The van der Waals surface area contributed by atoms with Crippen LogP contribution in [0.4, 0.5) is 5.95 Å². The monoisotopic (exact) mass is 365 g/mol. The molecule has 27 heavy (non-hydrogen) atoms. The van der Waals surface area contributed by atoms with Gasteiger partial charge in [-0.2, -0.15) is 0 Å². The van der Waals surface area contributed by atoms with E-state index in [0.717, 1.165) is 49.2 Å². The first-order chi connectivity index (χ1) is 13.3. The van der Waals surface area contributed by atoms with E-state index in [1.165, 1.54) is 0 Å². The largest absolute Gasteiger partial charge is 0.465 e. The highest BCUT2D eigenvalue weighted by atomic mass is 16.5. The Morgan fingerprint density at radius 2 is 1.93 bits per heavy atom. The van der Waals surface area contributed by atoms with Crippen molar-refractivity contribution in [3.63, 3.8) is 0 Å². The van der Waals surface area contributed by atoms with Crippen LogP contribution in [-0.4, -0.2) is 52.7 Å². The molecule has 0 aliphatic carbocycles. The summed E-state index contributed by atoms with van der Waals surface area (Å²) in [6.45, 7) is 5.84. The first-order valence-electron chi connectivity index (χ1n) is 9.16. The molecule has 7 nitrogen and oxygen atoms in total. The molecule has 1 saturated heterocycles. The normalized spacial score (nSPS) is 16.2. The molecule has 0 amide bonds. The van der Waals surface area contributed by atoms with Crippen LogP contribution in [0.25, 0.3) is 11.4 Å². The first kappa shape index (κ1) is 17.6. The third-order valence-corrected chi connectivity index (χ3v) is 4.61. The molecule has 1 fully saturated rings. The number of anilines is 1. The van der Waals surface area contributed by atoms with Crippen molar-refractivity contribution in [1.82, 2.24) is 19.9 Å². The van der Waals surface area contributed by atoms with E-state index in [0.29, 0.717) is 12.5 Å². The maximum Gasteiger partial charge on any atom is 0.223 e. The standard InChI is InChI=1S/C20H23N5O2/c1-15-5-6-19(27-15)18(25-10-12-26-13-11-25)14-23-20-22-9-7-17(24-20)16-4-2-3-8-21-16/h2-9,18H,10-14H2,1H3,(H,22,23,24). The molecule has 1 atom stereocenters. The topological polar surface area (TPSA) is 76.3 Å². The van der Waals surface area contributed by atoms with Gasteiger partial charge >= 0.3 is 0 Å². The van der Waals surface area contributed by atoms with Crippen LogP contribution in [0, 0.1) is 6.92 Å². The van der Waals surface area contributed by atoms with Gasteiger partial charge in [-0.3, -0.25) is 9.88 Å². The minimum Gasteiger partial charge on any atom is -0.465 e. The Morgan fingerprint density at radius 3 is 2.67 bits per heavy atom. The van der Waals surface area contributed by atoms with Crippen LogP contribution in [0.5, 0.6) is 0 Å². The molecule has 0 aromatic carbocycles. The van der Waals surface area contributed by atoms with Gasteiger partial charge in [0.15, 0.2) is 0 Å². The van der Waals surface area contributed by atoms with Crippen LogP contribution in [0.15, 0.2) is 53.2 Å². The number of morpholine rings is 1. The molecule has 0 saturated carbocycles. The molecule has 140 valence electrons. The van der Waals surface area contributed by atoms with E-state index in [-0.39, 0.29) is 6.04 Å². The highest BCUT2D eigenvalue weighted by Gasteiger charge is 2.25. The van der Waals surface area contributed by atoms with Crippen LogP contribution < -0.4 is 5.32 Å². The van der Waals surface area contributed by atoms with Gasteiger partial charge in [0.2, 0.25) is 5.95 Å². The maximum atomic E-state index is 5.91. The quantitative estimate of drug-likeness (QED) is 0.720. The Hall–Kier alpha value is -2.77. The number of ether oxygens (including phenoxy) is 1. The molecule has 3 aromatic heterocycles. The molecule has 3 aromatic rings. The molecule has 0 bridgehead atoms. The zero-order chi connectivity index (χ0) is 18.5. The Balaban J connectivity index is 1.50. The summed E-state index contributed by atoms with van der Waals surface area (Å²) < 4.78 is 11.4. The second kappa shape index (κ2) is 8.28. The Kier molecular flexibility index (Phi) is 5.41. The molecule has 4 heterocycles. The lowest BCUT2D eigenvalue weighted by molar-refractivity contribution is 0.0143. The van der Waals surface area contributed by atoms with Crippen molar-refractivity contribution >= 4 is 5.95 Å². The SMILES string of the molecule is Cc1ccc(C(CNc2nccc(-c3ccccn3)n2)N2CCOCC2)o1. The zero-order valence-corrected chi connectivity index (χ0v) is 15.3. The third-order valence-electron chi connectivity index (χ3n) is 4.61. The van der Waals surface area contributed by atoms with Gasteiger partial charge in [0.05, 0.1) is 30.6 Å². The summed E-state index contributed by atoms with van der Waals surface area (Å²) in [6.07, 6.45) is 3.51. The zero-order valence-electron chi connectivity index (χ0n) is 15.3. The van der Waals surface area contributed by atoms with E-state index in [4.69, 9.17) is 9.15 Å². The second-order valence-corrected chi connectivity index (χ2v) is 6.47. The van der Waals surface area contributed by atoms with E-state index in [9.17, 15) is 0 Å². The van der Waals surface area contributed by atoms with Crippen molar-refractivity contribution in [1.29, 1.82) is 0 Å². The highest BCUT2D eigenvalue weighted by Crippen LogP contribution is 2.24. The Labute approximate surface area is 158 Å². The van der Waals surface area contributed by atoms with Gasteiger partial charge in [-0.05, 0) is 37.3 Å². The molecule has 0 spiro atoms. The number of nitrogens with zero attached hydrogens (tertiary/aromatic N) is 4. The average molecular weight is 365 g/mol. The molecule has 1 unspecified atom stereocenters. The third kappa shape index (κ3) is 4.32. The Morgan fingerprint density at radius 1 is 1.04 bits per heavy atom. The summed E-state index contributed by atoms with van der Waals surface area (Å²) in [5.74, 6) is 2.44. The van der Waals surface area contributed by atoms with E-state index in [1.807, 2.05) is 43.3 Å². The second-order valence-electron chi connectivity index (χ2n) is 6.47. The van der Waals surface area contributed by atoms with Crippen LogP contribution in [-0.2, 0) is 4.74 Å². The van der Waals surface area contributed by atoms with Crippen molar-refractivity contribution < 1.29 is 9.15 Å². The summed E-state index contributed by atoms with van der Waals surface area (Å²) in [5, 5.41) is 3.37. The van der Waals surface area contributed by atoms with Gasteiger partial charge < -0.3 is 14.5 Å². The number of pyridine rings is 1. The maximum absolute atomic E-state index is 5.91. The number of nitrogens with one attached hydrogen (secondary N) is 1. The molecule has 7 heteroatoms. The molecule has 1 aliphatic rings. The van der Waals surface area contributed by atoms with Gasteiger partial charge in [0.1, 0.15) is 11.5 Å². The van der Waals surface area contributed by atoms with Gasteiger partial charge in [-0.25, -0.2) is 9.97 Å². The van der Waals surface area contributed by atoms with Gasteiger partial charge in [0.25, 0.3) is 0 Å². The lowest BCUT2D eigenvalue weighted by Crippen LogP contribution is -2.41. The van der Waals surface area contributed by atoms with E-state index in [2.05, 4.69) is 25.2 Å². The fourth-order valence-corrected chi connectivity index (χ4v) is 3.22. The molecule has 1 N–H and O–H groups in total. The minimum atomic E-state index is 0.102. The lowest BCUT2D eigenvalue weighted by Gasteiger charge is -2.33. The molecular weight excluding hydrogens is 342 g/mol. The van der Waals surface area contributed by atoms with E-state index in [1.54, 1.807) is 12.4 Å². The molecule has 4 rings (SSSR count). The van der Waals surface area contributed by atoms with Gasteiger partial charge in [-0.1, -0.05) is 6.07 Å². The minimum absolute atomic E-state index is 0.102. The van der Waals surface area contributed by atoms with Crippen LogP contribution >= 0.6 is 0 Å². The lowest BCUT2D eigenvalue weighted by atomic mass is 10.1. The van der Waals surface area contributed by atoms with Gasteiger partial charge in [-0.15, -0.1) is 0 Å². The molecule has 0 radical (unpaired) electrons. The van der Waals surface area contributed by atoms with Crippen molar-refractivity contribution in [3.8, 4) is 11.4 Å². The predicted molar refractivity (Wildman–Crippen MR) is 102 cm³/mol. The first-order valence-corrected chi connectivity index (χ1v) is 9.16. The number of aromatic nitrogens is 3. The number of furan rings is 1. The fourth-order valence-electron chi connectivity index (χ4n) is 3.22. The average Bonchev–Trinajstić information content (AvgIpc) is 3.16. The van der Waals surface area contributed by atoms with Crippen LogP contribution in [0.1, 0.15) is 17.6 Å². The molecule has 1 aliphatic heterocycles. The smallest absolute Gasteiger partial charge is 0.223 e. The van der Waals surface area contributed by atoms with Crippen molar-refractivity contribution in [2.45, 2.75) is 13.0 Å². The van der Waals surface area contributed by atoms with Crippen molar-refractivity contribution in [2.24, 2.45) is 0 Å². The number of aryl methyl sites for hydroxylation is 1. The van der Waals surface area contributed by atoms with E-state index < -0.39 is 0 Å². The molecular formula is C20H23N5O2. The fraction of sp³-hybridized carbons (Fsp3) is 0.350. The van der Waals surface area contributed by atoms with Crippen molar-refractivity contribution in [2.75, 3.05) is 38.2 Å². The van der Waals surface area contributed by atoms with E-state index >= 15 is 0 Å². The summed E-state index contributed by atoms with van der Waals surface area (Å²) in [5.41, 5.74) is 1.62. The van der Waals surface area contributed by atoms with Crippen LogP contribution in [0.2, 0.25) is 0 Å². The highest BCUT2D eigenvalue weighted by molar-refractivity contribution is 5.54. The number of rotatable bonds is 6. The van der Waals surface area contributed by atoms with Crippen molar-refractivity contribution in [3.05, 3.63) is 60.3 Å². The summed E-state index contributed by atoms with van der Waals surface area (Å²) in [6, 6.07) is 11.8. The Bertz CT molecular complexity index is 862. The summed E-state index contributed by atoms with van der Waals surface area (Å²) in [4.78, 5) is 15.7. The van der Waals surface area contributed by atoms with Crippen LogP contribution in [0.3, 0.4) is 0 Å². The van der Waals surface area contributed by atoms with Gasteiger partial charge in [0, 0.05) is 32.0 Å². The summed E-state index contributed by atoms with van der Waals surface area (Å²) >= 11 is 0. The summed E-state index contributed by atoms with van der Waals surface area (Å²) in [7, 11) is 0. The number of hydrogen-bond donors (Lipinski definition) is 1. The number of hydrogen-bond acceptors (Lipinski definition) is 7. The predicted octanol–water partition coefficient (Wildman–Crippen LogP) is 2.93.